The van der Waals surface area contributed by atoms with Crippen molar-refractivity contribution in [1.29, 1.82) is 0 Å². The second-order valence-corrected chi connectivity index (χ2v) is 3.89. The maximum atomic E-state index is 8.82. The van der Waals surface area contributed by atoms with Crippen molar-refractivity contribution in [2.24, 2.45) is 5.92 Å². The van der Waals surface area contributed by atoms with E-state index in [1.807, 2.05) is 0 Å². The van der Waals surface area contributed by atoms with Crippen LogP contribution in [0.15, 0.2) is 0 Å². The van der Waals surface area contributed by atoms with E-state index in [0.717, 1.165) is 19.6 Å². The van der Waals surface area contributed by atoms with E-state index in [0.29, 0.717) is 5.92 Å². The van der Waals surface area contributed by atoms with Gasteiger partial charge in [-0.25, -0.2) is 0 Å². The van der Waals surface area contributed by atoms with Crippen LogP contribution in [-0.2, 0) is 0 Å². The number of aliphatic hydroxyl groups excluding tert-OH is 2. The fraction of sp³-hybridized carbons (Fsp3) is 1.00. The van der Waals surface area contributed by atoms with Crippen LogP contribution < -0.4 is 5.32 Å². The number of nitrogens with zero attached hydrogens (tertiary/aromatic N) is 1. The summed E-state index contributed by atoms with van der Waals surface area (Å²) in [5.74, 6) is 0.672. The quantitative estimate of drug-likeness (QED) is 0.511. The molecule has 0 saturated carbocycles. The summed E-state index contributed by atoms with van der Waals surface area (Å²) >= 11 is 0. The van der Waals surface area contributed by atoms with Gasteiger partial charge in [-0.15, -0.1) is 0 Å². The topological polar surface area (TPSA) is 55.7 Å². The molecule has 3 N–H and O–H groups in total. The molecule has 0 radical (unpaired) electrons. The molecule has 0 aromatic rings. The molecule has 1 aliphatic heterocycles. The Morgan fingerprint density at radius 1 is 1.46 bits per heavy atom. The van der Waals surface area contributed by atoms with Crippen LogP contribution in [0.2, 0.25) is 0 Å². The van der Waals surface area contributed by atoms with Crippen molar-refractivity contribution in [2.75, 3.05) is 39.9 Å². The minimum atomic E-state index is -0.147. The third kappa shape index (κ3) is 3.60. The Balaban J connectivity index is 2.11. The summed E-state index contributed by atoms with van der Waals surface area (Å²) in [5, 5.41) is 20.8. The third-order valence-electron chi connectivity index (χ3n) is 2.62. The largest absolute Gasteiger partial charge is 0.395 e. The molecule has 13 heavy (non-hydrogen) atoms. The molecule has 1 rings (SSSR count). The van der Waals surface area contributed by atoms with E-state index in [1.165, 1.54) is 6.42 Å². The van der Waals surface area contributed by atoms with Gasteiger partial charge in [0.1, 0.15) is 0 Å². The standard InChI is InChI=1S/C9H20N2O2/c1-11-3-2-8(5-11)4-10-9(6-12)7-13/h8-10,12-13H,2-7H2,1H3. The molecule has 1 atom stereocenters. The van der Waals surface area contributed by atoms with Crippen molar-refractivity contribution in [3.8, 4) is 0 Å². The Morgan fingerprint density at radius 3 is 2.62 bits per heavy atom. The van der Waals surface area contributed by atoms with Gasteiger partial charge in [-0.05, 0) is 32.5 Å². The average Bonchev–Trinajstić information content (AvgIpc) is 2.53. The third-order valence-corrected chi connectivity index (χ3v) is 2.62. The summed E-state index contributed by atoms with van der Waals surface area (Å²) < 4.78 is 0. The van der Waals surface area contributed by atoms with Gasteiger partial charge in [0, 0.05) is 6.54 Å². The number of nitrogens with one attached hydrogen (secondary N) is 1. The van der Waals surface area contributed by atoms with Crippen LogP contribution >= 0.6 is 0 Å². The molecule has 0 aliphatic carbocycles. The Labute approximate surface area is 79.6 Å². The lowest BCUT2D eigenvalue weighted by Crippen LogP contribution is -2.39. The van der Waals surface area contributed by atoms with E-state index in [9.17, 15) is 0 Å². The minimum Gasteiger partial charge on any atom is -0.395 e. The summed E-state index contributed by atoms with van der Waals surface area (Å²) in [7, 11) is 2.12. The summed E-state index contributed by atoms with van der Waals surface area (Å²) in [5.41, 5.74) is 0. The Bertz CT molecular complexity index is 140. The van der Waals surface area contributed by atoms with Crippen LogP contribution in [0.25, 0.3) is 0 Å². The monoisotopic (exact) mass is 188 g/mol. The van der Waals surface area contributed by atoms with Crippen molar-refractivity contribution < 1.29 is 10.2 Å². The zero-order valence-electron chi connectivity index (χ0n) is 8.24. The van der Waals surface area contributed by atoms with Gasteiger partial charge in [0.05, 0.1) is 19.3 Å². The SMILES string of the molecule is CN1CCC(CNC(CO)CO)C1. The highest BCUT2D eigenvalue weighted by Gasteiger charge is 2.19. The Kier molecular flexibility index (Phi) is 4.66. The molecule has 1 saturated heterocycles. The maximum Gasteiger partial charge on any atom is 0.0607 e. The van der Waals surface area contributed by atoms with Crippen LogP contribution in [0.5, 0.6) is 0 Å². The fourth-order valence-corrected chi connectivity index (χ4v) is 1.71. The van der Waals surface area contributed by atoms with Crippen molar-refractivity contribution in [3.05, 3.63) is 0 Å². The first-order valence-electron chi connectivity index (χ1n) is 4.90. The molecule has 1 unspecified atom stereocenters. The van der Waals surface area contributed by atoms with Crippen LogP contribution in [0.4, 0.5) is 0 Å². The lowest BCUT2D eigenvalue weighted by Gasteiger charge is -2.16. The highest BCUT2D eigenvalue weighted by atomic mass is 16.3. The van der Waals surface area contributed by atoms with Gasteiger partial charge in [0.25, 0.3) is 0 Å². The van der Waals surface area contributed by atoms with Crippen LogP contribution in [0.1, 0.15) is 6.42 Å². The molecule has 0 aromatic carbocycles. The molecule has 0 amide bonds. The smallest absolute Gasteiger partial charge is 0.0607 e. The second kappa shape index (κ2) is 5.54. The van der Waals surface area contributed by atoms with Gasteiger partial charge in [0.2, 0.25) is 0 Å². The van der Waals surface area contributed by atoms with E-state index < -0.39 is 0 Å². The van der Waals surface area contributed by atoms with Crippen molar-refractivity contribution in [1.82, 2.24) is 10.2 Å². The molecule has 78 valence electrons. The summed E-state index contributed by atoms with van der Waals surface area (Å²) in [4.78, 5) is 2.30. The minimum absolute atomic E-state index is 0.0130. The van der Waals surface area contributed by atoms with E-state index in [4.69, 9.17) is 10.2 Å². The number of hydrogen-bond acceptors (Lipinski definition) is 4. The molecule has 1 fully saturated rings. The molecule has 0 bridgehead atoms. The van der Waals surface area contributed by atoms with Gasteiger partial charge >= 0.3 is 0 Å². The maximum absolute atomic E-state index is 8.82. The number of hydrogen-bond donors (Lipinski definition) is 3. The molecular weight excluding hydrogens is 168 g/mol. The number of aliphatic hydroxyl groups is 2. The lowest BCUT2D eigenvalue weighted by atomic mass is 10.1. The molecule has 4 nitrogen and oxygen atoms in total. The van der Waals surface area contributed by atoms with E-state index >= 15 is 0 Å². The van der Waals surface area contributed by atoms with Gasteiger partial charge < -0.3 is 20.4 Å². The zero-order valence-corrected chi connectivity index (χ0v) is 8.24. The van der Waals surface area contributed by atoms with Gasteiger partial charge in [-0.2, -0.15) is 0 Å². The van der Waals surface area contributed by atoms with Crippen molar-refractivity contribution >= 4 is 0 Å². The molecule has 4 heteroatoms. The van der Waals surface area contributed by atoms with E-state index in [-0.39, 0.29) is 19.3 Å². The van der Waals surface area contributed by atoms with Crippen molar-refractivity contribution in [3.63, 3.8) is 0 Å². The number of rotatable bonds is 5. The summed E-state index contributed by atoms with van der Waals surface area (Å²) in [6, 6.07) is -0.147. The first-order chi connectivity index (χ1) is 6.26. The van der Waals surface area contributed by atoms with Crippen LogP contribution in [0, 0.1) is 5.92 Å². The molecule has 0 spiro atoms. The average molecular weight is 188 g/mol. The fourth-order valence-electron chi connectivity index (χ4n) is 1.71. The normalized spacial score (nSPS) is 24.5. The second-order valence-electron chi connectivity index (χ2n) is 3.89. The first kappa shape index (κ1) is 10.9. The predicted molar refractivity (Wildman–Crippen MR) is 51.6 cm³/mol. The van der Waals surface area contributed by atoms with E-state index in [2.05, 4.69) is 17.3 Å². The molecule has 0 aromatic heterocycles. The van der Waals surface area contributed by atoms with E-state index in [1.54, 1.807) is 0 Å². The highest BCUT2D eigenvalue weighted by Crippen LogP contribution is 2.12. The lowest BCUT2D eigenvalue weighted by molar-refractivity contribution is 0.167. The Morgan fingerprint density at radius 2 is 2.15 bits per heavy atom. The van der Waals surface area contributed by atoms with Gasteiger partial charge in [-0.1, -0.05) is 0 Å². The van der Waals surface area contributed by atoms with Crippen LogP contribution in [0.3, 0.4) is 0 Å². The van der Waals surface area contributed by atoms with Crippen molar-refractivity contribution in [2.45, 2.75) is 12.5 Å². The molecule has 1 heterocycles. The summed E-state index contributed by atoms with van der Waals surface area (Å²) in [6.45, 7) is 3.21. The number of likely N-dealkylation sites (tertiary alicyclic amines) is 1. The first-order valence-corrected chi connectivity index (χ1v) is 4.90. The molecule has 1 aliphatic rings. The van der Waals surface area contributed by atoms with Gasteiger partial charge in [0.15, 0.2) is 0 Å². The molecular formula is C9H20N2O2. The van der Waals surface area contributed by atoms with Crippen LogP contribution in [-0.4, -0.2) is 61.1 Å². The van der Waals surface area contributed by atoms with Gasteiger partial charge in [-0.3, -0.25) is 0 Å². The zero-order chi connectivity index (χ0) is 9.68. The predicted octanol–water partition coefficient (Wildman–Crippen LogP) is -1.12. The summed E-state index contributed by atoms with van der Waals surface area (Å²) in [6.07, 6.45) is 1.22. The highest BCUT2D eigenvalue weighted by molar-refractivity contribution is 4.76. The Hall–Kier alpha value is -0.160.